The average Bonchev–Trinajstić information content (AvgIpc) is 2.31. The van der Waals surface area contributed by atoms with Crippen LogP contribution in [0.15, 0.2) is 27.8 Å². The third-order valence-corrected chi connectivity index (χ3v) is 2.72. The molecule has 0 aliphatic carbocycles. The zero-order valence-corrected chi connectivity index (χ0v) is 9.62. The van der Waals surface area contributed by atoms with Crippen LogP contribution >= 0.6 is 26.6 Å². The minimum Gasteiger partial charge on any atom is -0.450 e. The van der Waals surface area contributed by atoms with Crippen molar-refractivity contribution in [2.45, 2.75) is 0 Å². The number of rotatable bonds is 3. The summed E-state index contributed by atoms with van der Waals surface area (Å²) in [4.78, 5) is 0. The predicted molar refractivity (Wildman–Crippen MR) is 55.1 cm³/mol. The summed E-state index contributed by atoms with van der Waals surface area (Å²) in [6.07, 6.45) is 0. The second-order valence-corrected chi connectivity index (χ2v) is 5.95. The second kappa shape index (κ2) is 3.86. The van der Waals surface area contributed by atoms with Crippen molar-refractivity contribution in [3.8, 4) is 0 Å². The lowest BCUT2D eigenvalue weighted by Gasteiger charge is -1.97. The molecule has 3 nitrogen and oxygen atoms in total. The molecule has 1 heterocycles. The predicted octanol–water partition coefficient (Wildman–Crippen LogP) is 2.62. The van der Waals surface area contributed by atoms with Gasteiger partial charge in [-0.1, -0.05) is 6.58 Å². The van der Waals surface area contributed by atoms with Crippen LogP contribution in [0.5, 0.6) is 0 Å². The molecule has 1 rings (SSSR count). The standard InChI is InChI=1S/C7H6BrClO3S/c1-5(4-13(9,10)11)6-2-3-7(8)12-6/h2-3H,1,4H2. The van der Waals surface area contributed by atoms with Crippen LogP contribution in [0.2, 0.25) is 0 Å². The first-order valence-corrected chi connectivity index (χ1v) is 6.51. The van der Waals surface area contributed by atoms with Gasteiger partial charge in [-0.25, -0.2) is 8.42 Å². The van der Waals surface area contributed by atoms with Gasteiger partial charge in [0.2, 0.25) is 9.05 Å². The molecular weight excluding hydrogens is 279 g/mol. The Morgan fingerprint density at radius 3 is 2.62 bits per heavy atom. The van der Waals surface area contributed by atoms with Crippen molar-refractivity contribution in [3.05, 3.63) is 29.1 Å². The molecule has 0 aliphatic heterocycles. The topological polar surface area (TPSA) is 47.3 Å². The number of halogens is 2. The summed E-state index contributed by atoms with van der Waals surface area (Å²) < 4.78 is 27.0. The van der Waals surface area contributed by atoms with Crippen molar-refractivity contribution in [2.24, 2.45) is 0 Å². The zero-order valence-electron chi connectivity index (χ0n) is 6.46. The minimum atomic E-state index is -3.56. The van der Waals surface area contributed by atoms with E-state index in [1.54, 1.807) is 12.1 Å². The lowest BCUT2D eigenvalue weighted by molar-refractivity contribution is 0.527. The normalized spacial score (nSPS) is 11.5. The Morgan fingerprint density at radius 1 is 1.62 bits per heavy atom. The molecule has 0 bridgehead atoms. The van der Waals surface area contributed by atoms with Crippen molar-refractivity contribution < 1.29 is 12.8 Å². The Balaban J connectivity index is 2.81. The Morgan fingerprint density at radius 2 is 2.23 bits per heavy atom. The van der Waals surface area contributed by atoms with Gasteiger partial charge in [0, 0.05) is 16.3 Å². The maximum absolute atomic E-state index is 10.7. The largest absolute Gasteiger partial charge is 0.450 e. The van der Waals surface area contributed by atoms with Gasteiger partial charge in [-0.05, 0) is 28.1 Å². The van der Waals surface area contributed by atoms with E-state index in [1.165, 1.54) is 0 Å². The van der Waals surface area contributed by atoms with E-state index in [0.29, 0.717) is 16.0 Å². The Labute approximate surface area is 88.9 Å². The highest BCUT2D eigenvalue weighted by Crippen LogP contribution is 2.21. The van der Waals surface area contributed by atoms with Gasteiger partial charge in [0.05, 0.1) is 5.75 Å². The molecule has 0 atom stereocenters. The molecule has 0 aromatic carbocycles. The van der Waals surface area contributed by atoms with Crippen molar-refractivity contribution in [1.29, 1.82) is 0 Å². The first-order chi connectivity index (χ1) is 5.88. The smallest absolute Gasteiger partial charge is 0.236 e. The fourth-order valence-electron chi connectivity index (χ4n) is 0.784. The summed E-state index contributed by atoms with van der Waals surface area (Å²) >= 11 is 3.09. The maximum atomic E-state index is 10.7. The van der Waals surface area contributed by atoms with Crippen molar-refractivity contribution >= 4 is 41.2 Å². The maximum Gasteiger partial charge on any atom is 0.236 e. The molecule has 0 saturated heterocycles. The SMILES string of the molecule is C=C(CS(=O)(=O)Cl)c1ccc(Br)o1. The van der Waals surface area contributed by atoms with Crippen LogP contribution < -0.4 is 0 Å². The zero-order chi connectivity index (χ0) is 10.1. The highest BCUT2D eigenvalue weighted by Gasteiger charge is 2.12. The van der Waals surface area contributed by atoms with E-state index >= 15 is 0 Å². The summed E-state index contributed by atoms with van der Waals surface area (Å²) in [7, 11) is 1.48. The highest BCUT2D eigenvalue weighted by atomic mass is 79.9. The van der Waals surface area contributed by atoms with Gasteiger partial charge in [0.15, 0.2) is 4.67 Å². The van der Waals surface area contributed by atoms with E-state index in [-0.39, 0.29) is 5.75 Å². The van der Waals surface area contributed by atoms with Gasteiger partial charge in [-0.3, -0.25) is 0 Å². The molecule has 6 heteroatoms. The van der Waals surface area contributed by atoms with Gasteiger partial charge < -0.3 is 4.42 Å². The first kappa shape index (κ1) is 10.8. The third-order valence-electron chi connectivity index (χ3n) is 1.27. The van der Waals surface area contributed by atoms with Gasteiger partial charge in [0.1, 0.15) is 5.76 Å². The van der Waals surface area contributed by atoms with Crippen LogP contribution in [0.3, 0.4) is 0 Å². The number of hydrogen-bond acceptors (Lipinski definition) is 3. The van der Waals surface area contributed by atoms with Crippen LogP contribution in [0.1, 0.15) is 5.76 Å². The third kappa shape index (κ3) is 3.54. The Kier molecular flexibility index (Phi) is 3.21. The highest BCUT2D eigenvalue weighted by molar-refractivity contribution is 9.10. The molecule has 0 saturated carbocycles. The van der Waals surface area contributed by atoms with E-state index in [2.05, 4.69) is 22.5 Å². The molecule has 1 aromatic heterocycles. The molecule has 0 amide bonds. The summed E-state index contributed by atoms with van der Waals surface area (Å²) in [6.45, 7) is 3.55. The van der Waals surface area contributed by atoms with Crippen molar-refractivity contribution in [1.82, 2.24) is 0 Å². The fraction of sp³-hybridized carbons (Fsp3) is 0.143. The summed E-state index contributed by atoms with van der Waals surface area (Å²) in [5, 5.41) is 0. The molecule has 13 heavy (non-hydrogen) atoms. The van der Waals surface area contributed by atoms with Crippen molar-refractivity contribution in [3.63, 3.8) is 0 Å². The van der Waals surface area contributed by atoms with E-state index < -0.39 is 9.05 Å². The molecule has 72 valence electrons. The summed E-state index contributed by atoms with van der Waals surface area (Å²) in [5.41, 5.74) is 0.334. The van der Waals surface area contributed by atoms with Crippen LogP contribution in [0.25, 0.3) is 5.57 Å². The van der Waals surface area contributed by atoms with E-state index in [4.69, 9.17) is 15.1 Å². The Hall–Kier alpha value is -0.260. The molecule has 1 aromatic rings. The molecule has 0 N–H and O–H groups in total. The van der Waals surface area contributed by atoms with E-state index in [9.17, 15) is 8.42 Å². The average molecular weight is 286 g/mol. The molecular formula is C7H6BrClO3S. The Bertz CT molecular complexity index is 421. The number of hydrogen-bond donors (Lipinski definition) is 0. The first-order valence-electron chi connectivity index (χ1n) is 3.24. The summed E-state index contributed by atoms with van der Waals surface area (Å²) in [6, 6.07) is 3.27. The quantitative estimate of drug-likeness (QED) is 0.802. The molecule has 0 fully saturated rings. The number of furan rings is 1. The van der Waals surface area contributed by atoms with E-state index in [1.807, 2.05) is 0 Å². The lowest BCUT2D eigenvalue weighted by atomic mass is 10.3. The van der Waals surface area contributed by atoms with Gasteiger partial charge in [0.25, 0.3) is 0 Å². The van der Waals surface area contributed by atoms with Crippen LogP contribution in [0.4, 0.5) is 0 Å². The van der Waals surface area contributed by atoms with Crippen LogP contribution in [-0.4, -0.2) is 14.2 Å². The molecule has 0 spiro atoms. The van der Waals surface area contributed by atoms with E-state index in [0.717, 1.165) is 0 Å². The van der Waals surface area contributed by atoms with Crippen LogP contribution in [0, 0.1) is 0 Å². The lowest BCUT2D eigenvalue weighted by Crippen LogP contribution is -1.98. The van der Waals surface area contributed by atoms with Gasteiger partial charge in [-0.15, -0.1) is 0 Å². The second-order valence-electron chi connectivity index (χ2n) is 2.39. The van der Waals surface area contributed by atoms with Crippen LogP contribution in [-0.2, 0) is 9.05 Å². The molecule has 0 aliphatic rings. The molecule has 0 radical (unpaired) electrons. The molecule has 0 unspecified atom stereocenters. The van der Waals surface area contributed by atoms with Gasteiger partial charge >= 0.3 is 0 Å². The minimum absolute atomic E-state index is 0.311. The summed E-state index contributed by atoms with van der Waals surface area (Å²) in [5.74, 6) is 0.102. The van der Waals surface area contributed by atoms with Gasteiger partial charge in [-0.2, -0.15) is 0 Å². The monoisotopic (exact) mass is 284 g/mol. The fourth-order valence-corrected chi connectivity index (χ4v) is 2.04. The van der Waals surface area contributed by atoms with Crippen molar-refractivity contribution in [2.75, 3.05) is 5.75 Å².